The van der Waals surface area contributed by atoms with Crippen molar-refractivity contribution in [3.63, 3.8) is 0 Å². The molecule has 0 aliphatic carbocycles. The molecule has 0 aliphatic heterocycles. The zero-order valence-electron chi connectivity index (χ0n) is 9.93. The molecule has 0 aromatic carbocycles. The van der Waals surface area contributed by atoms with Crippen molar-refractivity contribution in [3.05, 3.63) is 60.2 Å². The Morgan fingerprint density at radius 1 is 0.737 bits per heavy atom. The molecule has 2 N–H and O–H groups in total. The Hall–Kier alpha value is -1.84. The monoisotopic (exact) mass is 360 g/mol. The minimum atomic E-state index is -0.919. The maximum Gasteiger partial charge on any atom is 0.335 e. The molecular formula is C12H10CdN2O4. The summed E-state index contributed by atoms with van der Waals surface area (Å²) >= 11 is 0. The molecule has 0 amide bonds. The first-order valence-corrected chi connectivity index (χ1v) is 4.88. The maximum atomic E-state index is 10.2. The average molecular weight is 359 g/mol. The quantitative estimate of drug-likeness (QED) is 0.790. The van der Waals surface area contributed by atoms with E-state index in [2.05, 4.69) is 9.97 Å². The first-order valence-electron chi connectivity index (χ1n) is 4.88. The van der Waals surface area contributed by atoms with Gasteiger partial charge in [-0.2, -0.15) is 0 Å². The van der Waals surface area contributed by atoms with Crippen molar-refractivity contribution in [1.82, 2.24) is 9.97 Å². The number of nitrogens with zero attached hydrogens (tertiary/aromatic N) is 2. The van der Waals surface area contributed by atoms with Gasteiger partial charge in [0.05, 0.1) is 11.1 Å². The third-order valence-corrected chi connectivity index (χ3v) is 1.85. The van der Waals surface area contributed by atoms with Gasteiger partial charge in [0, 0.05) is 52.1 Å². The molecule has 0 spiro atoms. The first-order chi connectivity index (χ1) is 8.61. The van der Waals surface area contributed by atoms with E-state index < -0.39 is 11.9 Å². The third-order valence-electron chi connectivity index (χ3n) is 1.85. The fourth-order valence-electron chi connectivity index (χ4n) is 0.989. The molecule has 0 aliphatic rings. The van der Waals surface area contributed by atoms with Crippen LogP contribution in [0.4, 0.5) is 0 Å². The van der Waals surface area contributed by atoms with E-state index in [0.717, 1.165) is 0 Å². The second kappa shape index (κ2) is 9.14. The standard InChI is InChI=1S/2C6H5NO2.Cd/c2*8-6(9)5-1-3-7-4-2-5;/h2*1-4H,(H,8,9);. The molecule has 6 nitrogen and oxygen atoms in total. The molecule has 0 saturated carbocycles. The number of rotatable bonds is 2. The van der Waals surface area contributed by atoms with E-state index in [1.165, 1.54) is 49.1 Å². The van der Waals surface area contributed by atoms with Crippen LogP contribution in [0.15, 0.2) is 49.1 Å². The zero-order chi connectivity index (χ0) is 13.4. The summed E-state index contributed by atoms with van der Waals surface area (Å²) in [5.41, 5.74) is 0.537. The summed E-state index contributed by atoms with van der Waals surface area (Å²) in [4.78, 5) is 27.7. The largest absolute Gasteiger partial charge is 0.478 e. The summed E-state index contributed by atoms with van der Waals surface area (Å²) in [6, 6.07) is 5.79. The summed E-state index contributed by atoms with van der Waals surface area (Å²) in [6.07, 6.45) is 5.79. The van der Waals surface area contributed by atoms with Crippen LogP contribution in [0.5, 0.6) is 0 Å². The molecule has 0 atom stereocenters. The average Bonchev–Trinajstić information content (AvgIpc) is 2.41. The number of carboxylic acid groups (broad SMARTS) is 2. The Balaban J connectivity index is 0.000000324. The minimum absolute atomic E-state index is 0. The van der Waals surface area contributed by atoms with Crippen molar-refractivity contribution >= 4 is 11.9 Å². The second-order valence-electron chi connectivity index (χ2n) is 3.08. The minimum Gasteiger partial charge on any atom is -0.478 e. The van der Waals surface area contributed by atoms with Gasteiger partial charge >= 0.3 is 11.9 Å². The molecule has 2 heterocycles. The van der Waals surface area contributed by atoms with E-state index in [0.29, 0.717) is 0 Å². The van der Waals surface area contributed by atoms with Crippen LogP contribution in [0, 0.1) is 0 Å². The first kappa shape index (κ1) is 17.2. The van der Waals surface area contributed by atoms with Crippen LogP contribution >= 0.6 is 0 Å². The predicted octanol–water partition coefficient (Wildman–Crippen LogP) is 1.56. The molecule has 0 bridgehead atoms. The van der Waals surface area contributed by atoms with Crippen molar-refractivity contribution in [2.75, 3.05) is 0 Å². The van der Waals surface area contributed by atoms with Crippen LogP contribution in [0.25, 0.3) is 0 Å². The van der Waals surface area contributed by atoms with Gasteiger partial charge in [-0.3, -0.25) is 9.97 Å². The number of carboxylic acids is 2. The van der Waals surface area contributed by atoms with Crippen LogP contribution in [0.3, 0.4) is 0 Å². The molecule has 7 heteroatoms. The summed E-state index contributed by atoms with van der Waals surface area (Å²) in [5.74, 6) is -1.84. The number of hydrogen-bond donors (Lipinski definition) is 2. The Morgan fingerprint density at radius 2 is 1.00 bits per heavy atom. The van der Waals surface area contributed by atoms with Gasteiger partial charge in [-0.05, 0) is 24.3 Å². The number of carbonyl (C=O) groups is 2. The Bertz CT molecular complexity index is 470. The topological polar surface area (TPSA) is 100 Å². The van der Waals surface area contributed by atoms with E-state index in [1.807, 2.05) is 0 Å². The van der Waals surface area contributed by atoms with Gasteiger partial charge in [-0.1, -0.05) is 0 Å². The van der Waals surface area contributed by atoms with Crippen molar-refractivity contribution in [2.24, 2.45) is 0 Å². The van der Waals surface area contributed by atoms with E-state index >= 15 is 0 Å². The van der Waals surface area contributed by atoms with Crippen LogP contribution in [0.1, 0.15) is 20.7 Å². The Kier molecular flexibility index (Phi) is 8.26. The van der Waals surface area contributed by atoms with Crippen LogP contribution in [-0.4, -0.2) is 32.1 Å². The fraction of sp³-hybridized carbons (Fsp3) is 0. The number of hydrogen-bond acceptors (Lipinski definition) is 4. The zero-order valence-corrected chi connectivity index (χ0v) is 14.0. The van der Waals surface area contributed by atoms with Gasteiger partial charge < -0.3 is 10.2 Å². The molecule has 2 aromatic rings. The van der Waals surface area contributed by atoms with E-state index in [4.69, 9.17) is 10.2 Å². The number of pyridine rings is 2. The molecule has 2 rings (SSSR count). The third kappa shape index (κ3) is 6.60. The fourth-order valence-corrected chi connectivity index (χ4v) is 0.989. The van der Waals surface area contributed by atoms with Crippen molar-refractivity contribution in [3.8, 4) is 0 Å². The Morgan fingerprint density at radius 3 is 1.16 bits per heavy atom. The summed E-state index contributed by atoms with van der Waals surface area (Å²) in [7, 11) is 0. The molecular weight excluding hydrogens is 349 g/mol. The van der Waals surface area contributed by atoms with Gasteiger partial charge in [0.25, 0.3) is 0 Å². The van der Waals surface area contributed by atoms with Crippen molar-refractivity contribution in [2.45, 2.75) is 0 Å². The smallest absolute Gasteiger partial charge is 0.335 e. The van der Waals surface area contributed by atoms with Gasteiger partial charge in [0.15, 0.2) is 0 Å². The summed E-state index contributed by atoms with van der Waals surface area (Å²) < 4.78 is 0. The predicted molar refractivity (Wildman–Crippen MR) is 62.4 cm³/mol. The number of aromatic carboxylic acids is 2. The van der Waals surface area contributed by atoms with Crippen molar-refractivity contribution < 1.29 is 47.1 Å². The molecule has 2 aromatic heterocycles. The van der Waals surface area contributed by atoms with Gasteiger partial charge in [-0.25, -0.2) is 9.59 Å². The van der Waals surface area contributed by atoms with Crippen LogP contribution in [-0.2, 0) is 27.3 Å². The van der Waals surface area contributed by atoms with Gasteiger partial charge in [-0.15, -0.1) is 0 Å². The second-order valence-corrected chi connectivity index (χ2v) is 3.08. The van der Waals surface area contributed by atoms with Crippen LogP contribution < -0.4 is 0 Å². The molecule has 0 unspecified atom stereocenters. The van der Waals surface area contributed by atoms with E-state index in [1.54, 1.807) is 0 Å². The number of aromatic nitrogens is 2. The normalized spacial score (nSPS) is 8.42. The van der Waals surface area contributed by atoms with Crippen molar-refractivity contribution in [1.29, 1.82) is 0 Å². The molecule has 19 heavy (non-hydrogen) atoms. The molecule has 0 fully saturated rings. The molecule has 0 radical (unpaired) electrons. The van der Waals surface area contributed by atoms with Crippen LogP contribution in [0.2, 0.25) is 0 Å². The molecule has 94 valence electrons. The van der Waals surface area contributed by atoms with E-state index in [-0.39, 0.29) is 38.4 Å². The summed E-state index contributed by atoms with van der Waals surface area (Å²) in [5, 5.41) is 16.7. The summed E-state index contributed by atoms with van der Waals surface area (Å²) in [6.45, 7) is 0. The SMILES string of the molecule is O=C(O)c1ccncc1.O=C(O)c1ccncc1.[Cd]. The Labute approximate surface area is 129 Å². The maximum absolute atomic E-state index is 10.2. The van der Waals surface area contributed by atoms with Gasteiger partial charge in [0.2, 0.25) is 0 Å². The molecule has 0 saturated heterocycles. The van der Waals surface area contributed by atoms with Gasteiger partial charge in [0.1, 0.15) is 0 Å². The van der Waals surface area contributed by atoms with E-state index in [9.17, 15) is 9.59 Å².